The smallest absolute Gasteiger partial charge is 0.308 e. The van der Waals surface area contributed by atoms with E-state index in [-0.39, 0.29) is 24.8 Å². The van der Waals surface area contributed by atoms with Crippen LogP contribution in [0.3, 0.4) is 0 Å². The summed E-state index contributed by atoms with van der Waals surface area (Å²) >= 11 is 0. The fourth-order valence-electron chi connectivity index (χ4n) is 1.79. The number of rotatable bonds is 6. The second kappa shape index (κ2) is 7.57. The molecule has 0 saturated carbocycles. The lowest BCUT2D eigenvalue weighted by atomic mass is 10.1. The van der Waals surface area contributed by atoms with Gasteiger partial charge in [-0.05, 0) is 31.5 Å². The number of nitrogens with zero attached hydrogens (tertiary/aromatic N) is 1. The minimum atomic E-state index is -0.955. The molecular formula is C16H20FNO3. The monoisotopic (exact) mass is 293 g/mol. The number of carboxylic acid groups (broad SMARTS) is 1. The lowest BCUT2D eigenvalue weighted by Gasteiger charge is -2.23. The Morgan fingerprint density at radius 3 is 2.33 bits per heavy atom. The molecule has 1 aromatic rings. The molecule has 0 fully saturated rings. The maximum absolute atomic E-state index is 12.9. The number of allylic oxidation sites excluding steroid dienone is 1. The Hall–Kier alpha value is -2.17. The summed E-state index contributed by atoms with van der Waals surface area (Å²) in [6.45, 7) is 5.51. The molecule has 21 heavy (non-hydrogen) atoms. The maximum Gasteiger partial charge on any atom is 0.308 e. The summed E-state index contributed by atoms with van der Waals surface area (Å²) in [5, 5.41) is 8.99. The van der Waals surface area contributed by atoms with Crippen LogP contribution in [0.4, 0.5) is 4.39 Å². The molecule has 0 aromatic heterocycles. The van der Waals surface area contributed by atoms with E-state index in [2.05, 4.69) is 0 Å². The van der Waals surface area contributed by atoms with Crippen molar-refractivity contribution in [2.45, 2.75) is 27.3 Å². The molecule has 4 nitrogen and oxygen atoms in total. The maximum atomic E-state index is 12.9. The number of hydrogen-bond acceptors (Lipinski definition) is 2. The van der Waals surface area contributed by atoms with Gasteiger partial charge in [-0.1, -0.05) is 24.6 Å². The van der Waals surface area contributed by atoms with E-state index in [9.17, 15) is 14.0 Å². The summed E-state index contributed by atoms with van der Waals surface area (Å²) in [4.78, 5) is 24.6. The second-order valence-corrected chi connectivity index (χ2v) is 5.31. The van der Waals surface area contributed by atoms with E-state index in [1.807, 2.05) is 0 Å². The Morgan fingerprint density at radius 2 is 1.86 bits per heavy atom. The molecule has 0 radical (unpaired) electrons. The molecular weight excluding hydrogens is 273 g/mol. The zero-order chi connectivity index (χ0) is 16.0. The summed E-state index contributed by atoms with van der Waals surface area (Å²) in [5.74, 6) is -2.21. The third-order valence-corrected chi connectivity index (χ3v) is 2.93. The van der Waals surface area contributed by atoms with E-state index < -0.39 is 11.9 Å². The van der Waals surface area contributed by atoms with Crippen LogP contribution in [-0.2, 0) is 16.1 Å². The first-order valence-electron chi connectivity index (χ1n) is 6.70. The minimum absolute atomic E-state index is 0.106. The van der Waals surface area contributed by atoms with Crippen molar-refractivity contribution in [1.29, 1.82) is 0 Å². The lowest BCUT2D eigenvalue weighted by molar-refractivity contribution is -0.142. The molecule has 1 N–H and O–H groups in total. The van der Waals surface area contributed by atoms with Gasteiger partial charge in [0.05, 0.1) is 5.92 Å². The van der Waals surface area contributed by atoms with Gasteiger partial charge in [-0.3, -0.25) is 9.59 Å². The number of carboxylic acids is 1. The first-order valence-corrected chi connectivity index (χ1v) is 6.70. The standard InChI is InChI=1S/C16H20FNO3/c1-11(2)8-15(19)18(9-12(3)16(20)21)10-13-4-6-14(17)7-5-13/h4-8,12H,9-10H2,1-3H3,(H,20,21). The van der Waals surface area contributed by atoms with Gasteiger partial charge in [-0.2, -0.15) is 0 Å². The van der Waals surface area contributed by atoms with E-state index in [0.29, 0.717) is 0 Å². The fourth-order valence-corrected chi connectivity index (χ4v) is 1.79. The summed E-state index contributed by atoms with van der Waals surface area (Å²) in [6, 6.07) is 5.81. The summed E-state index contributed by atoms with van der Waals surface area (Å²) < 4.78 is 12.9. The van der Waals surface area contributed by atoms with Crippen molar-refractivity contribution in [3.05, 3.63) is 47.3 Å². The van der Waals surface area contributed by atoms with Gasteiger partial charge in [0.25, 0.3) is 0 Å². The Kier molecular flexibility index (Phi) is 6.09. The van der Waals surface area contributed by atoms with Crippen molar-refractivity contribution in [1.82, 2.24) is 4.90 Å². The molecule has 0 bridgehead atoms. The average Bonchev–Trinajstić information content (AvgIpc) is 2.39. The Labute approximate surface area is 123 Å². The highest BCUT2D eigenvalue weighted by molar-refractivity contribution is 5.88. The normalized spacial score (nSPS) is 11.6. The van der Waals surface area contributed by atoms with E-state index in [1.165, 1.54) is 23.1 Å². The van der Waals surface area contributed by atoms with E-state index in [0.717, 1.165) is 11.1 Å². The summed E-state index contributed by atoms with van der Waals surface area (Å²) in [6.07, 6.45) is 1.47. The van der Waals surface area contributed by atoms with Crippen molar-refractivity contribution in [3.63, 3.8) is 0 Å². The molecule has 1 amide bonds. The van der Waals surface area contributed by atoms with Crippen LogP contribution in [-0.4, -0.2) is 28.4 Å². The van der Waals surface area contributed by atoms with Gasteiger partial charge >= 0.3 is 5.97 Å². The van der Waals surface area contributed by atoms with Crippen molar-refractivity contribution >= 4 is 11.9 Å². The molecule has 1 atom stereocenters. The van der Waals surface area contributed by atoms with Gasteiger partial charge in [-0.25, -0.2) is 4.39 Å². The van der Waals surface area contributed by atoms with Crippen LogP contribution in [0.1, 0.15) is 26.3 Å². The quantitative estimate of drug-likeness (QED) is 0.820. The van der Waals surface area contributed by atoms with E-state index in [1.54, 1.807) is 32.9 Å². The Bertz CT molecular complexity index is 533. The van der Waals surface area contributed by atoms with Gasteiger partial charge in [0.15, 0.2) is 0 Å². The van der Waals surface area contributed by atoms with E-state index in [4.69, 9.17) is 5.11 Å². The number of benzene rings is 1. The topological polar surface area (TPSA) is 57.6 Å². The number of aliphatic carboxylic acids is 1. The molecule has 114 valence electrons. The van der Waals surface area contributed by atoms with Gasteiger partial charge in [0, 0.05) is 19.2 Å². The van der Waals surface area contributed by atoms with Gasteiger partial charge < -0.3 is 10.0 Å². The van der Waals surface area contributed by atoms with Crippen LogP contribution in [0.2, 0.25) is 0 Å². The van der Waals surface area contributed by atoms with Gasteiger partial charge in [0.1, 0.15) is 5.82 Å². The second-order valence-electron chi connectivity index (χ2n) is 5.31. The van der Waals surface area contributed by atoms with Crippen LogP contribution in [0, 0.1) is 11.7 Å². The fraction of sp³-hybridized carbons (Fsp3) is 0.375. The van der Waals surface area contributed by atoms with Crippen molar-refractivity contribution in [2.75, 3.05) is 6.54 Å². The predicted molar refractivity (Wildman–Crippen MR) is 78.0 cm³/mol. The van der Waals surface area contributed by atoms with E-state index >= 15 is 0 Å². The summed E-state index contributed by atoms with van der Waals surface area (Å²) in [7, 11) is 0. The van der Waals surface area contributed by atoms with Crippen molar-refractivity contribution in [2.24, 2.45) is 5.92 Å². The summed E-state index contributed by atoms with van der Waals surface area (Å²) in [5.41, 5.74) is 1.59. The number of halogens is 1. The van der Waals surface area contributed by atoms with Crippen LogP contribution in [0.5, 0.6) is 0 Å². The number of carbonyl (C=O) groups is 2. The molecule has 0 spiro atoms. The first-order chi connectivity index (χ1) is 9.79. The zero-order valence-electron chi connectivity index (χ0n) is 12.5. The molecule has 0 aliphatic carbocycles. The van der Waals surface area contributed by atoms with Crippen LogP contribution < -0.4 is 0 Å². The Balaban J connectivity index is 2.90. The highest BCUT2D eigenvalue weighted by Crippen LogP contribution is 2.11. The molecule has 1 aromatic carbocycles. The third-order valence-electron chi connectivity index (χ3n) is 2.93. The number of carbonyl (C=O) groups excluding carboxylic acids is 1. The number of amides is 1. The zero-order valence-corrected chi connectivity index (χ0v) is 12.5. The molecule has 0 saturated heterocycles. The predicted octanol–water partition coefficient (Wildman–Crippen LogP) is 2.84. The highest BCUT2D eigenvalue weighted by Gasteiger charge is 2.19. The highest BCUT2D eigenvalue weighted by atomic mass is 19.1. The average molecular weight is 293 g/mol. The van der Waals surface area contributed by atoms with Crippen LogP contribution in [0.15, 0.2) is 35.9 Å². The van der Waals surface area contributed by atoms with Gasteiger partial charge in [-0.15, -0.1) is 0 Å². The van der Waals surface area contributed by atoms with Crippen molar-refractivity contribution < 1.29 is 19.1 Å². The number of hydrogen-bond donors (Lipinski definition) is 1. The molecule has 0 aliphatic heterocycles. The molecule has 5 heteroatoms. The molecule has 0 heterocycles. The van der Waals surface area contributed by atoms with Crippen molar-refractivity contribution in [3.8, 4) is 0 Å². The minimum Gasteiger partial charge on any atom is -0.481 e. The SMILES string of the molecule is CC(C)=CC(=O)N(Cc1ccc(F)cc1)CC(C)C(=O)O. The first kappa shape index (κ1) is 16.9. The third kappa shape index (κ3) is 5.77. The molecule has 1 unspecified atom stereocenters. The Morgan fingerprint density at radius 1 is 1.29 bits per heavy atom. The van der Waals surface area contributed by atoms with Gasteiger partial charge in [0.2, 0.25) is 5.91 Å². The largest absolute Gasteiger partial charge is 0.481 e. The van der Waals surface area contributed by atoms with Crippen LogP contribution in [0.25, 0.3) is 0 Å². The van der Waals surface area contributed by atoms with Crippen LogP contribution >= 0.6 is 0 Å². The molecule has 1 rings (SSSR count). The lowest BCUT2D eigenvalue weighted by Crippen LogP contribution is -2.35. The molecule has 0 aliphatic rings.